The largest absolute Gasteiger partial charge is 0.444 e. The number of halogens is 4. The molecule has 0 aliphatic heterocycles. The number of alkyl halides is 3. The number of nitrogens with two attached hydrogens (primary N) is 1. The van der Waals surface area contributed by atoms with E-state index in [-0.39, 0.29) is 17.5 Å². The van der Waals surface area contributed by atoms with Gasteiger partial charge in [-0.15, -0.1) is 0 Å². The van der Waals surface area contributed by atoms with E-state index in [2.05, 4.69) is 5.32 Å². The maximum Gasteiger partial charge on any atom is 0.416 e. The number of amides is 1. The van der Waals surface area contributed by atoms with Crippen LogP contribution in [-0.4, -0.2) is 29.9 Å². The van der Waals surface area contributed by atoms with Crippen molar-refractivity contribution in [3.05, 3.63) is 178 Å². The zero-order valence-corrected chi connectivity index (χ0v) is 30.6. The minimum Gasteiger partial charge on any atom is -0.444 e. The van der Waals surface area contributed by atoms with E-state index in [9.17, 15) is 32.3 Å². The first-order valence-electron chi connectivity index (χ1n) is 17.9. The number of rotatable bonds is 14. The van der Waals surface area contributed by atoms with Gasteiger partial charge in [0.25, 0.3) is 5.91 Å². The van der Waals surface area contributed by atoms with Crippen LogP contribution in [-0.2, 0) is 30.7 Å². The van der Waals surface area contributed by atoms with Crippen molar-refractivity contribution in [3.63, 3.8) is 0 Å². The summed E-state index contributed by atoms with van der Waals surface area (Å²) >= 11 is 0. The average Bonchev–Trinajstić information content (AvgIpc) is 3.19. The number of carbonyl (C=O) groups is 4. The SMILES string of the molecule is CCCC(N)CC(C(=O)OC(C(=O)OC(=O)c1ccccc1C(=O)NC(C)c1ccccc1)c1cc(C(F)(F)F)ccc1F)(c1ccccc1)c1ccccc1. The Morgan fingerprint density at radius 3 is 1.82 bits per heavy atom. The number of esters is 3. The summed E-state index contributed by atoms with van der Waals surface area (Å²) in [5, 5.41) is 2.77. The zero-order valence-electron chi connectivity index (χ0n) is 30.6. The van der Waals surface area contributed by atoms with Gasteiger partial charge in [0.1, 0.15) is 11.2 Å². The van der Waals surface area contributed by atoms with Crippen LogP contribution in [0.15, 0.2) is 133 Å². The van der Waals surface area contributed by atoms with Gasteiger partial charge in [0.2, 0.25) is 6.10 Å². The summed E-state index contributed by atoms with van der Waals surface area (Å²) in [5.74, 6) is -6.32. The van der Waals surface area contributed by atoms with Crippen LogP contribution in [0.5, 0.6) is 0 Å². The molecule has 3 unspecified atom stereocenters. The quantitative estimate of drug-likeness (QED) is 0.0658. The average molecular weight is 769 g/mol. The van der Waals surface area contributed by atoms with Gasteiger partial charge in [-0.3, -0.25) is 9.59 Å². The molecule has 0 saturated carbocycles. The standard InChI is InChI=1S/C44H40F4N2O6/c1-3-15-33(49)27-43(30-18-9-5-10-19-30,31-20-11-6-12-21-31)42(54)55-38(36-26-32(44(46,47)48)24-25-37(36)45)41(53)56-40(52)35-23-14-13-22-34(35)39(51)50-28(2)29-16-7-4-8-17-29/h4-14,16-26,28,33,38H,3,15,27,49H2,1-2H3,(H,50,51). The molecule has 8 nitrogen and oxygen atoms in total. The lowest BCUT2D eigenvalue weighted by molar-refractivity contribution is -0.169. The predicted molar refractivity (Wildman–Crippen MR) is 201 cm³/mol. The molecular formula is C44H40F4N2O6. The molecule has 3 atom stereocenters. The Bertz CT molecular complexity index is 2110. The maximum absolute atomic E-state index is 15.6. The molecule has 0 saturated heterocycles. The minimum atomic E-state index is -5.00. The molecule has 1 amide bonds. The Labute approximate surface area is 321 Å². The van der Waals surface area contributed by atoms with E-state index in [0.29, 0.717) is 42.2 Å². The second kappa shape index (κ2) is 18.0. The van der Waals surface area contributed by atoms with Crippen LogP contribution < -0.4 is 11.1 Å². The Kier molecular flexibility index (Phi) is 13.2. The van der Waals surface area contributed by atoms with Crippen molar-refractivity contribution in [1.29, 1.82) is 0 Å². The van der Waals surface area contributed by atoms with E-state index in [4.69, 9.17) is 15.2 Å². The van der Waals surface area contributed by atoms with Gasteiger partial charge in [-0.05, 0) is 66.8 Å². The number of carbonyl (C=O) groups excluding carboxylic acids is 4. The Morgan fingerprint density at radius 2 is 1.27 bits per heavy atom. The van der Waals surface area contributed by atoms with Crippen LogP contribution in [0.4, 0.5) is 17.6 Å². The van der Waals surface area contributed by atoms with Gasteiger partial charge in [0.05, 0.1) is 22.7 Å². The molecule has 5 rings (SSSR count). The number of hydrogen-bond donors (Lipinski definition) is 2. The highest BCUT2D eigenvalue weighted by Gasteiger charge is 2.47. The lowest BCUT2D eigenvalue weighted by Crippen LogP contribution is -2.45. The van der Waals surface area contributed by atoms with Crippen LogP contribution in [0.3, 0.4) is 0 Å². The summed E-state index contributed by atoms with van der Waals surface area (Å²) in [6.07, 6.45) is -6.49. The van der Waals surface area contributed by atoms with Crippen molar-refractivity contribution in [2.45, 2.75) is 62.9 Å². The zero-order chi connectivity index (χ0) is 40.5. The fourth-order valence-electron chi connectivity index (χ4n) is 6.56. The summed E-state index contributed by atoms with van der Waals surface area (Å²) in [6, 6.07) is 31.1. The fourth-order valence-corrected chi connectivity index (χ4v) is 6.56. The molecule has 0 aliphatic rings. The van der Waals surface area contributed by atoms with Gasteiger partial charge in [-0.2, -0.15) is 13.2 Å². The third kappa shape index (κ3) is 9.38. The van der Waals surface area contributed by atoms with E-state index in [1.807, 2.05) is 6.92 Å². The predicted octanol–water partition coefficient (Wildman–Crippen LogP) is 8.81. The van der Waals surface area contributed by atoms with Crippen molar-refractivity contribution in [3.8, 4) is 0 Å². The lowest BCUT2D eigenvalue weighted by Gasteiger charge is -2.36. The monoisotopic (exact) mass is 768 g/mol. The number of nitrogens with one attached hydrogen (secondary N) is 1. The van der Waals surface area contributed by atoms with E-state index < -0.39 is 70.5 Å². The summed E-state index contributed by atoms with van der Waals surface area (Å²) < 4.78 is 68.5. The topological polar surface area (TPSA) is 125 Å². The normalized spacial score (nSPS) is 13.2. The number of hydrogen-bond acceptors (Lipinski definition) is 7. The third-order valence-corrected chi connectivity index (χ3v) is 9.39. The maximum atomic E-state index is 15.6. The first-order chi connectivity index (χ1) is 26.8. The molecule has 290 valence electrons. The van der Waals surface area contributed by atoms with Gasteiger partial charge < -0.3 is 20.5 Å². The molecule has 12 heteroatoms. The molecule has 5 aromatic rings. The summed E-state index contributed by atoms with van der Waals surface area (Å²) in [7, 11) is 0. The number of ether oxygens (including phenoxy) is 2. The molecule has 0 radical (unpaired) electrons. The summed E-state index contributed by atoms with van der Waals surface area (Å²) in [6.45, 7) is 3.62. The van der Waals surface area contributed by atoms with Crippen molar-refractivity contribution in [1.82, 2.24) is 5.32 Å². The molecule has 0 aromatic heterocycles. The molecule has 0 bridgehead atoms. The van der Waals surface area contributed by atoms with Gasteiger partial charge in [0, 0.05) is 11.6 Å². The second-order valence-electron chi connectivity index (χ2n) is 13.3. The highest BCUT2D eigenvalue weighted by Crippen LogP contribution is 2.41. The molecule has 3 N–H and O–H groups in total. The van der Waals surface area contributed by atoms with E-state index >= 15 is 4.39 Å². The van der Waals surface area contributed by atoms with Gasteiger partial charge in [-0.1, -0.05) is 116 Å². The van der Waals surface area contributed by atoms with Crippen molar-refractivity contribution in [2.24, 2.45) is 5.73 Å². The molecule has 56 heavy (non-hydrogen) atoms. The smallest absolute Gasteiger partial charge is 0.416 e. The Morgan fingerprint density at radius 1 is 0.732 bits per heavy atom. The lowest BCUT2D eigenvalue weighted by atomic mass is 9.70. The van der Waals surface area contributed by atoms with Crippen molar-refractivity contribution < 1.29 is 46.2 Å². The molecule has 0 heterocycles. The van der Waals surface area contributed by atoms with Crippen molar-refractivity contribution in [2.75, 3.05) is 0 Å². The third-order valence-electron chi connectivity index (χ3n) is 9.39. The summed E-state index contributed by atoms with van der Waals surface area (Å²) in [4.78, 5) is 56.0. The van der Waals surface area contributed by atoms with Crippen LogP contribution in [0, 0.1) is 5.82 Å². The highest BCUT2D eigenvalue weighted by atomic mass is 19.4. The highest BCUT2D eigenvalue weighted by molar-refractivity contribution is 6.08. The fraction of sp³-hybridized carbons (Fsp3) is 0.227. The first kappa shape index (κ1) is 41.0. The molecule has 0 spiro atoms. The van der Waals surface area contributed by atoms with Gasteiger partial charge >= 0.3 is 24.1 Å². The molecule has 5 aromatic carbocycles. The van der Waals surface area contributed by atoms with Crippen LogP contribution in [0.2, 0.25) is 0 Å². The van der Waals surface area contributed by atoms with Crippen LogP contribution >= 0.6 is 0 Å². The van der Waals surface area contributed by atoms with Crippen molar-refractivity contribution >= 4 is 23.8 Å². The van der Waals surface area contributed by atoms with E-state index in [1.54, 1.807) is 97.9 Å². The van der Waals surface area contributed by atoms with Crippen LogP contribution in [0.25, 0.3) is 0 Å². The van der Waals surface area contributed by atoms with Gasteiger partial charge in [-0.25, -0.2) is 14.0 Å². The summed E-state index contributed by atoms with van der Waals surface area (Å²) in [5.41, 5.74) is 3.35. The van der Waals surface area contributed by atoms with Crippen LogP contribution in [0.1, 0.15) is 93.8 Å². The molecule has 0 fully saturated rings. The Balaban J connectivity index is 1.57. The van der Waals surface area contributed by atoms with E-state index in [1.165, 1.54) is 24.3 Å². The first-order valence-corrected chi connectivity index (χ1v) is 17.9. The second-order valence-corrected chi connectivity index (χ2v) is 13.3. The molecular weight excluding hydrogens is 728 g/mol. The van der Waals surface area contributed by atoms with E-state index in [0.717, 1.165) is 5.56 Å². The molecule has 0 aliphatic carbocycles. The number of benzene rings is 5. The minimum absolute atomic E-state index is 0.0800. The van der Waals surface area contributed by atoms with Gasteiger partial charge in [0.15, 0.2) is 0 Å². The Hall–Kier alpha value is -6.14.